The fraction of sp³-hybridized carbons (Fsp3) is 0.174. The van der Waals surface area contributed by atoms with Crippen molar-refractivity contribution in [3.05, 3.63) is 99.6 Å². The first kappa shape index (κ1) is 16.4. The molecule has 0 saturated carbocycles. The third-order valence-electron chi connectivity index (χ3n) is 5.85. The van der Waals surface area contributed by atoms with E-state index in [1.165, 1.54) is 16.7 Å². The van der Waals surface area contributed by atoms with E-state index in [9.17, 15) is 9.90 Å². The van der Waals surface area contributed by atoms with Crippen molar-refractivity contribution in [2.45, 2.75) is 18.4 Å². The number of carboxylic acid groups (broad SMARTS) is 1. The van der Waals surface area contributed by atoms with Crippen molar-refractivity contribution in [1.82, 2.24) is 0 Å². The molecule has 0 bridgehead atoms. The molecule has 0 fully saturated rings. The maximum absolute atomic E-state index is 11.5. The van der Waals surface area contributed by atoms with E-state index in [0.717, 1.165) is 22.7 Å². The van der Waals surface area contributed by atoms with E-state index in [1.807, 2.05) is 30.3 Å². The summed E-state index contributed by atoms with van der Waals surface area (Å²) in [5, 5.41) is 13.8. The minimum absolute atomic E-state index is 0.129. The van der Waals surface area contributed by atoms with Crippen molar-refractivity contribution < 1.29 is 9.90 Å². The molecule has 2 N–H and O–H groups in total. The average Bonchev–Trinajstić information content (AvgIpc) is 3.06. The van der Waals surface area contributed by atoms with Gasteiger partial charge in [0.1, 0.15) is 0 Å². The Bertz CT molecular complexity index is 1060. The van der Waals surface area contributed by atoms with Gasteiger partial charge in [-0.1, -0.05) is 48.0 Å². The van der Waals surface area contributed by atoms with Gasteiger partial charge in [-0.2, -0.15) is 0 Å². The van der Waals surface area contributed by atoms with Crippen LogP contribution in [0.15, 0.2) is 66.7 Å². The van der Waals surface area contributed by atoms with Crippen LogP contribution in [0.1, 0.15) is 44.6 Å². The van der Waals surface area contributed by atoms with Gasteiger partial charge in [0.25, 0.3) is 0 Å². The van der Waals surface area contributed by atoms with E-state index in [-0.39, 0.29) is 12.0 Å². The van der Waals surface area contributed by atoms with Crippen LogP contribution in [0.4, 0.5) is 5.69 Å². The molecule has 2 aliphatic rings. The Kier molecular flexibility index (Phi) is 3.73. The standard InChI is InChI=1S/C23H18ClNO2/c24-16-6-3-5-14(10-16)22-19-11-13-4-1-2-7-17(13)21(19)18-12-15(23(26)27)8-9-20(18)25-22/h1-10,12,19,21-22,25H,11H2,(H,26,27)/t19-,21+,22-/m1/s1. The smallest absolute Gasteiger partial charge is 0.335 e. The Morgan fingerprint density at radius 2 is 1.85 bits per heavy atom. The van der Waals surface area contributed by atoms with Gasteiger partial charge < -0.3 is 10.4 Å². The zero-order chi connectivity index (χ0) is 18.5. The summed E-state index contributed by atoms with van der Waals surface area (Å²) in [6, 6.07) is 22.0. The summed E-state index contributed by atoms with van der Waals surface area (Å²) >= 11 is 6.26. The van der Waals surface area contributed by atoms with Crippen molar-refractivity contribution in [2.75, 3.05) is 5.32 Å². The van der Waals surface area contributed by atoms with Gasteiger partial charge in [0.15, 0.2) is 0 Å². The largest absolute Gasteiger partial charge is 0.478 e. The summed E-state index contributed by atoms with van der Waals surface area (Å²) in [5.41, 5.74) is 6.22. The van der Waals surface area contributed by atoms with Crippen LogP contribution in [0.3, 0.4) is 0 Å². The minimum atomic E-state index is -0.891. The Balaban J connectivity index is 1.69. The topological polar surface area (TPSA) is 49.3 Å². The summed E-state index contributed by atoms with van der Waals surface area (Å²) in [4.78, 5) is 11.5. The molecule has 1 aliphatic heterocycles. The molecule has 4 heteroatoms. The molecule has 3 atom stereocenters. The van der Waals surface area contributed by atoms with Crippen LogP contribution in [-0.2, 0) is 6.42 Å². The fourth-order valence-electron chi connectivity index (χ4n) is 4.72. The van der Waals surface area contributed by atoms with E-state index < -0.39 is 5.97 Å². The normalized spacial score (nSPS) is 22.3. The average molecular weight is 376 g/mol. The van der Waals surface area contributed by atoms with Gasteiger partial charge in [0.2, 0.25) is 0 Å². The first-order chi connectivity index (χ1) is 13.1. The number of hydrogen-bond acceptors (Lipinski definition) is 2. The monoisotopic (exact) mass is 375 g/mol. The number of carboxylic acids is 1. The molecule has 27 heavy (non-hydrogen) atoms. The predicted octanol–water partition coefficient (Wildman–Crippen LogP) is 5.51. The van der Waals surface area contributed by atoms with Crippen LogP contribution in [0.5, 0.6) is 0 Å². The van der Waals surface area contributed by atoms with Crippen molar-refractivity contribution in [2.24, 2.45) is 5.92 Å². The van der Waals surface area contributed by atoms with Crippen LogP contribution in [0.25, 0.3) is 0 Å². The van der Waals surface area contributed by atoms with Crippen LogP contribution < -0.4 is 5.32 Å². The summed E-state index contributed by atoms with van der Waals surface area (Å²) < 4.78 is 0. The third-order valence-corrected chi connectivity index (χ3v) is 6.09. The van der Waals surface area contributed by atoms with Gasteiger partial charge in [-0.25, -0.2) is 4.79 Å². The third kappa shape index (κ3) is 2.62. The molecule has 3 aromatic rings. The van der Waals surface area contributed by atoms with Crippen molar-refractivity contribution in [3.63, 3.8) is 0 Å². The highest BCUT2D eigenvalue weighted by Crippen LogP contribution is 2.54. The quantitative estimate of drug-likeness (QED) is 0.621. The first-order valence-corrected chi connectivity index (χ1v) is 9.46. The highest BCUT2D eigenvalue weighted by Gasteiger charge is 2.43. The van der Waals surface area contributed by atoms with Crippen LogP contribution in [0, 0.1) is 5.92 Å². The van der Waals surface area contributed by atoms with E-state index in [0.29, 0.717) is 11.5 Å². The van der Waals surface area contributed by atoms with E-state index >= 15 is 0 Å². The highest BCUT2D eigenvalue weighted by atomic mass is 35.5. The predicted molar refractivity (Wildman–Crippen MR) is 107 cm³/mol. The molecule has 5 rings (SSSR count). The van der Waals surface area contributed by atoms with Crippen molar-refractivity contribution in [1.29, 1.82) is 0 Å². The maximum atomic E-state index is 11.5. The van der Waals surface area contributed by atoms with Gasteiger partial charge >= 0.3 is 5.97 Å². The summed E-state index contributed by atoms with van der Waals surface area (Å²) in [7, 11) is 0. The van der Waals surface area contributed by atoms with Gasteiger partial charge in [-0.15, -0.1) is 0 Å². The molecule has 0 unspecified atom stereocenters. The van der Waals surface area contributed by atoms with E-state index in [4.69, 9.17) is 11.6 Å². The second kappa shape index (κ2) is 6.14. The molecule has 0 saturated heterocycles. The van der Waals surface area contributed by atoms with E-state index in [2.05, 4.69) is 35.6 Å². The van der Waals surface area contributed by atoms with Crippen molar-refractivity contribution in [3.8, 4) is 0 Å². The second-order valence-electron chi connectivity index (χ2n) is 7.33. The number of carbonyl (C=O) groups is 1. The Hall–Kier alpha value is -2.78. The SMILES string of the molecule is O=C(O)c1ccc2c(c1)[C@@H]1c3ccccc3C[C@H]1[C@@H](c1cccc(Cl)c1)N2. The van der Waals surface area contributed by atoms with Gasteiger partial charge in [0.05, 0.1) is 11.6 Å². The molecule has 0 aromatic heterocycles. The first-order valence-electron chi connectivity index (χ1n) is 9.09. The summed E-state index contributed by atoms with van der Waals surface area (Å²) in [6.07, 6.45) is 0.960. The van der Waals surface area contributed by atoms with Gasteiger partial charge in [-0.3, -0.25) is 0 Å². The number of hydrogen-bond donors (Lipinski definition) is 2. The van der Waals surface area contributed by atoms with Crippen LogP contribution >= 0.6 is 11.6 Å². The lowest BCUT2D eigenvalue weighted by atomic mass is 9.75. The van der Waals surface area contributed by atoms with Crippen LogP contribution in [-0.4, -0.2) is 11.1 Å². The lowest BCUT2D eigenvalue weighted by Gasteiger charge is -2.38. The zero-order valence-electron chi connectivity index (χ0n) is 14.5. The minimum Gasteiger partial charge on any atom is -0.478 e. The number of halogens is 1. The molecule has 134 valence electrons. The number of aromatic carboxylic acids is 1. The summed E-state index contributed by atoms with van der Waals surface area (Å²) in [6.45, 7) is 0. The second-order valence-corrected chi connectivity index (χ2v) is 7.77. The molecule has 1 aliphatic carbocycles. The number of nitrogens with one attached hydrogen (secondary N) is 1. The molecule has 0 radical (unpaired) electrons. The van der Waals surface area contributed by atoms with Crippen LogP contribution in [0.2, 0.25) is 5.02 Å². The molecule has 1 heterocycles. The van der Waals surface area contributed by atoms with Gasteiger partial charge in [0, 0.05) is 16.6 Å². The maximum Gasteiger partial charge on any atom is 0.335 e. The molecular formula is C23H18ClNO2. The number of benzene rings is 3. The molecule has 3 aromatic carbocycles. The lowest BCUT2D eigenvalue weighted by molar-refractivity contribution is 0.0696. The fourth-order valence-corrected chi connectivity index (χ4v) is 4.92. The molecular weight excluding hydrogens is 358 g/mol. The number of anilines is 1. The highest BCUT2D eigenvalue weighted by molar-refractivity contribution is 6.30. The Morgan fingerprint density at radius 1 is 1.00 bits per heavy atom. The lowest BCUT2D eigenvalue weighted by Crippen LogP contribution is -2.30. The molecule has 0 spiro atoms. The Labute approximate surface area is 162 Å². The molecule has 0 amide bonds. The van der Waals surface area contributed by atoms with Gasteiger partial charge in [-0.05, 0) is 64.9 Å². The van der Waals surface area contributed by atoms with Crippen molar-refractivity contribution >= 4 is 23.3 Å². The van der Waals surface area contributed by atoms with E-state index in [1.54, 1.807) is 6.07 Å². The number of fused-ring (bicyclic) bond motifs is 5. The summed E-state index contributed by atoms with van der Waals surface area (Å²) in [5.74, 6) is -0.393. The Morgan fingerprint density at radius 3 is 2.67 bits per heavy atom. The number of rotatable bonds is 2. The zero-order valence-corrected chi connectivity index (χ0v) is 15.3. The molecule has 3 nitrogen and oxygen atoms in total.